The maximum Gasteiger partial charge on any atom is 0.223 e. The molecular formula is C17H25NO. The van der Waals surface area contributed by atoms with Crippen LogP contribution in [-0.2, 0) is 10.2 Å². The molecule has 0 radical (unpaired) electrons. The molecule has 1 atom stereocenters. The second-order valence-electron chi connectivity index (χ2n) is 5.66. The van der Waals surface area contributed by atoms with Crippen LogP contribution in [-0.4, -0.2) is 13.0 Å². The second kappa shape index (κ2) is 6.23. The Morgan fingerprint density at radius 2 is 1.84 bits per heavy atom. The molecule has 1 unspecified atom stereocenters. The molecule has 2 nitrogen and oxygen atoms in total. The highest BCUT2D eigenvalue weighted by atomic mass is 16.1. The molecular weight excluding hydrogens is 234 g/mol. The van der Waals surface area contributed by atoms with E-state index in [1.54, 1.807) is 7.05 Å². The van der Waals surface area contributed by atoms with Gasteiger partial charge >= 0.3 is 0 Å². The van der Waals surface area contributed by atoms with E-state index < -0.39 is 0 Å². The minimum atomic E-state index is 0.0500. The molecule has 1 aliphatic rings. The first-order chi connectivity index (χ1) is 9.24. The van der Waals surface area contributed by atoms with Crippen molar-refractivity contribution in [2.45, 2.75) is 50.9 Å². The Labute approximate surface area is 116 Å². The van der Waals surface area contributed by atoms with Crippen LogP contribution in [0.5, 0.6) is 0 Å². The summed E-state index contributed by atoms with van der Waals surface area (Å²) in [5.41, 5.74) is 1.40. The molecule has 1 aliphatic carbocycles. The summed E-state index contributed by atoms with van der Waals surface area (Å²) in [5, 5.41) is 2.87. The molecule has 1 saturated carbocycles. The summed E-state index contributed by atoms with van der Waals surface area (Å²) in [6.07, 6.45) is 6.98. The minimum absolute atomic E-state index is 0.0500. The summed E-state index contributed by atoms with van der Waals surface area (Å²) in [5.74, 6) is 0.299. The molecule has 1 aromatic rings. The van der Waals surface area contributed by atoms with E-state index in [0.717, 1.165) is 19.3 Å². The molecule has 0 heterocycles. The van der Waals surface area contributed by atoms with E-state index in [1.165, 1.54) is 24.8 Å². The Kier molecular flexibility index (Phi) is 4.62. The number of carbonyl (C=O) groups is 1. The Morgan fingerprint density at radius 3 is 2.37 bits per heavy atom. The van der Waals surface area contributed by atoms with E-state index in [1.807, 2.05) is 0 Å². The summed E-state index contributed by atoms with van der Waals surface area (Å²) in [6.45, 7) is 2.14. The van der Waals surface area contributed by atoms with Gasteiger partial charge < -0.3 is 5.32 Å². The van der Waals surface area contributed by atoms with Crippen molar-refractivity contribution in [2.75, 3.05) is 7.05 Å². The molecule has 1 amide bonds. The van der Waals surface area contributed by atoms with Gasteiger partial charge in [-0.1, -0.05) is 56.5 Å². The zero-order chi connectivity index (χ0) is 13.7. The van der Waals surface area contributed by atoms with E-state index in [-0.39, 0.29) is 17.2 Å². The van der Waals surface area contributed by atoms with Gasteiger partial charge in [0.2, 0.25) is 5.91 Å². The van der Waals surface area contributed by atoms with Crippen molar-refractivity contribution in [2.24, 2.45) is 5.92 Å². The number of amides is 1. The fraction of sp³-hybridized carbons (Fsp3) is 0.588. The molecule has 1 fully saturated rings. The predicted octanol–water partition coefficient (Wildman–Crippen LogP) is 3.66. The Balaban J connectivity index is 2.42. The lowest BCUT2D eigenvalue weighted by atomic mass is 9.61. The molecule has 0 spiro atoms. The lowest BCUT2D eigenvalue weighted by Gasteiger charge is -2.43. The van der Waals surface area contributed by atoms with Crippen molar-refractivity contribution >= 4 is 5.91 Å². The summed E-state index contributed by atoms with van der Waals surface area (Å²) < 4.78 is 0. The van der Waals surface area contributed by atoms with Gasteiger partial charge in [0.05, 0.1) is 0 Å². The lowest BCUT2D eigenvalue weighted by molar-refractivity contribution is -0.127. The maximum absolute atomic E-state index is 12.3. The van der Waals surface area contributed by atoms with Crippen LogP contribution in [0.2, 0.25) is 0 Å². The van der Waals surface area contributed by atoms with Gasteiger partial charge in [-0.2, -0.15) is 0 Å². The maximum atomic E-state index is 12.3. The van der Waals surface area contributed by atoms with Gasteiger partial charge in [0.1, 0.15) is 0 Å². The highest BCUT2D eigenvalue weighted by Gasteiger charge is 2.43. The smallest absolute Gasteiger partial charge is 0.223 e. The molecule has 1 aromatic carbocycles. The van der Waals surface area contributed by atoms with Crippen molar-refractivity contribution in [1.29, 1.82) is 0 Å². The summed E-state index contributed by atoms with van der Waals surface area (Å²) in [4.78, 5) is 12.3. The van der Waals surface area contributed by atoms with E-state index in [0.29, 0.717) is 0 Å². The van der Waals surface area contributed by atoms with Crippen LogP contribution in [0.1, 0.15) is 51.0 Å². The first kappa shape index (κ1) is 14.1. The third-order valence-corrected chi connectivity index (χ3v) is 4.73. The van der Waals surface area contributed by atoms with E-state index in [2.05, 4.69) is 42.6 Å². The molecule has 0 saturated heterocycles. The second-order valence-corrected chi connectivity index (χ2v) is 5.66. The summed E-state index contributed by atoms with van der Waals surface area (Å²) in [6, 6.07) is 10.7. The van der Waals surface area contributed by atoms with Crippen LogP contribution < -0.4 is 5.32 Å². The van der Waals surface area contributed by atoms with Gasteiger partial charge in [0.25, 0.3) is 0 Å². The van der Waals surface area contributed by atoms with Crippen LogP contribution >= 0.6 is 0 Å². The molecule has 19 heavy (non-hydrogen) atoms. The van der Waals surface area contributed by atoms with Crippen molar-refractivity contribution in [1.82, 2.24) is 5.32 Å². The van der Waals surface area contributed by atoms with Crippen molar-refractivity contribution in [3.63, 3.8) is 0 Å². The molecule has 104 valence electrons. The van der Waals surface area contributed by atoms with Crippen molar-refractivity contribution in [3.05, 3.63) is 35.9 Å². The van der Waals surface area contributed by atoms with Gasteiger partial charge in [-0.3, -0.25) is 4.79 Å². The number of benzene rings is 1. The topological polar surface area (TPSA) is 29.1 Å². The van der Waals surface area contributed by atoms with E-state index >= 15 is 0 Å². The van der Waals surface area contributed by atoms with Gasteiger partial charge in [0.15, 0.2) is 0 Å². The summed E-state index contributed by atoms with van der Waals surface area (Å²) >= 11 is 0. The van der Waals surface area contributed by atoms with Gasteiger partial charge in [-0.05, 0) is 24.8 Å². The standard InChI is InChI=1S/C17H25NO/c1-3-15(16(19)18-2)17(12-8-5-9-13-17)14-10-6-4-7-11-14/h4,6-7,10-11,15H,3,5,8-9,12-13H2,1-2H3,(H,18,19). The fourth-order valence-electron chi connectivity index (χ4n) is 3.79. The van der Waals surface area contributed by atoms with Crippen molar-refractivity contribution < 1.29 is 4.79 Å². The van der Waals surface area contributed by atoms with Crippen LogP contribution in [0, 0.1) is 5.92 Å². The number of nitrogens with one attached hydrogen (secondary N) is 1. The highest BCUT2D eigenvalue weighted by Crippen LogP contribution is 2.46. The number of hydrogen-bond donors (Lipinski definition) is 1. The third-order valence-electron chi connectivity index (χ3n) is 4.73. The molecule has 0 aliphatic heterocycles. The molecule has 1 N–H and O–H groups in total. The SMILES string of the molecule is CCC(C(=O)NC)C1(c2ccccc2)CCCCC1. The normalized spacial score (nSPS) is 19.7. The zero-order valence-corrected chi connectivity index (χ0v) is 12.1. The summed E-state index contributed by atoms with van der Waals surface area (Å²) in [7, 11) is 1.76. The quantitative estimate of drug-likeness (QED) is 0.878. The first-order valence-electron chi connectivity index (χ1n) is 7.51. The lowest BCUT2D eigenvalue weighted by Crippen LogP contribution is -2.45. The Bertz CT molecular complexity index is 407. The largest absolute Gasteiger partial charge is 0.359 e. The highest BCUT2D eigenvalue weighted by molar-refractivity contribution is 5.80. The molecule has 2 heteroatoms. The Hall–Kier alpha value is -1.31. The van der Waals surface area contributed by atoms with Crippen LogP contribution in [0.25, 0.3) is 0 Å². The first-order valence-corrected chi connectivity index (χ1v) is 7.51. The van der Waals surface area contributed by atoms with Crippen LogP contribution in [0.3, 0.4) is 0 Å². The van der Waals surface area contributed by atoms with E-state index in [4.69, 9.17) is 0 Å². The number of hydrogen-bond acceptors (Lipinski definition) is 1. The molecule has 0 bridgehead atoms. The average molecular weight is 259 g/mol. The molecule has 0 aromatic heterocycles. The van der Waals surface area contributed by atoms with Gasteiger partial charge in [-0.15, -0.1) is 0 Å². The van der Waals surface area contributed by atoms with Crippen molar-refractivity contribution in [3.8, 4) is 0 Å². The van der Waals surface area contributed by atoms with E-state index in [9.17, 15) is 4.79 Å². The fourth-order valence-corrected chi connectivity index (χ4v) is 3.79. The minimum Gasteiger partial charge on any atom is -0.359 e. The Morgan fingerprint density at radius 1 is 1.21 bits per heavy atom. The zero-order valence-electron chi connectivity index (χ0n) is 12.1. The van der Waals surface area contributed by atoms with Crippen LogP contribution in [0.15, 0.2) is 30.3 Å². The third kappa shape index (κ3) is 2.68. The predicted molar refractivity (Wildman–Crippen MR) is 79.1 cm³/mol. The number of rotatable bonds is 4. The average Bonchev–Trinajstić information content (AvgIpc) is 2.49. The van der Waals surface area contributed by atoms with Crippen LogP contribution in [0.4, 0.5) is 0 Å². The van der Waals surface area contributed by atoms with Gasteiger partial charge in [-0.25, -0.2) is 0 Å². The molecule has 2 rings (SSSR count). The van der Waals surface area contributed by atoms with Gasteiger partial charge in [0, 0.05) is 18.4 Å². The monoisotopic (exact) mass is 259 g/mol. The number of carbonyl (C=O) groups excluding carboxylic acids is 1.